The van der Waals surface area contributed by atoms with Crippen LogP contribution < -0.4 is 0 Å². The molecular weight excluding hydrogens is 204 g/mol. The van der Waals surface area contributed by atoms with Crippen LogP contribution in [0.15, 0.2) is 0 Å². The summed E-state index contributed by atoms with van der Waals surface area (Å²) in [6.07, 6.45) is 11.9. The molecule has 1 aliphatic rings. The molecule has 0 bridgehead atoms. The van der Waals surface area contributed by atoms with Crippen molar-refractivity contribution < 1.29 is 0 Å². The van der Waals surface area contributed by atoms with Crippen molar-refractivity contribution in [2.75, 3.05) is 0 Å². The summed E-state index contributed by atoms with van der Waals surface area (Å²) in [5.74, 6) is 3.04. The summed E-state index contributed by atoms with van der Waals surface area (Å²) in [5.41, 5.74) is 0. The van der Waals surface area contributed by atoms with Crippen LogP contribution in [0.5, 0.6) is 0 Å². The van der Waals surface area contributed by atoms with Crippen LogP contribution >= 0.6 is 0 Å². The van der Waals surface area contributed by atoms with Gasteiger partial charge >= 0.3 is 0 Å². The Labute approximate surface area is 112 Å². The topological polar surface area (TPSA) is 0 Å². The smallest absolute Gasteiger partial charge is 0.0391 e. The summed E-state index contributed by atoms with van der Waals surface area (Å²) < 4.78 is 0. The normalized spacial score (nSPS) is 23.6. The Morgan fingerprint density at radius 1 is 0.941 bits per heavy atom. The third-order valence-corrected chi connectivity index (χ3v) is 4.05. The Hall–Kier alpha value is 0. The third kappa shape index (κ3) is 8.69. The van der Waals surface area contributed by atoms with Crippen LogP contribution in [0.1, 0.15) is 93.4 Å². The van der Waals surface area contributed by atoms with E-state index in [9.17, 15) is 0 Å². The zero-order chi connectivity index (χ0) is 12.4. The summed E-state index contributed by atoms with van der Waals surface area (Å²) in [6, 6.07) is 0. The fourth-order valence-electron chi connectivity index (χ4n) is 2.83. The molecule has 0 amide bonds. The lowest BCUT2D eigenvalue weighted by Crippen LogP contribution is -2.18. The second-order valence-electron chi connectivity index (χ2n) is 5.52. The van der Waals surface area contributed by atoms with Gasteiger partial charge in [0.1, 0.15) is 0 Å². The quantitative estimate of drug-likeness (QED) is 0.471. The molecule has 0 unspecified atom stereocenters. The van der Waals surface area contributed by atoms with Crippen LogP contribution in [0.3, 0.4) is 0 Å². The molecule has 0 N–H and O–H groups in total. The summed E-state index contributed by atoms with van der Waals surface area (Å²) in [4.78, 5) is 0. The van der Waals surface area contributed by atoms with Crippen LogP contribution in [0.2, 0.25) is 0 Å². The molecular formula is C17H38. The number of unbranched alkanes of at least 4 members (excludes halogenated alkanes) is 2. The molecule has 0 nitrogen and oxygen atoms in total. The summed E-state index contributed by atoms with van der Waals surface area (Å²) in [7, 11) is 0. The third-order valence-electron chi connectivity index (χ3n) is 4.05. The minimum Gasteiger partial charge on any atom is -0.0776 e. The van der Waals surface area contributed by atoms with Crippen LogP contribution in [0.4, 0.5) is 0 Å². The van der Waals surface area contributed by atoms with Crippen molar-refractivity contribution in [3.8, 4) is 0 Å². The Morgan fingerprint density at radius 3 is 1.88 bits per heavy atom. The first kappa shape index (κ1) is 19.3. The van der Waals surface area contributed by atoms with Gasteiger partial charge in [0.25, 0.3) is 0 Å². The number of rotatable bonds is 5. The Bertz CT molecular complexity index is 129. The van der Waals surface area contributed by atoms with E-state index in [0.29, 0.717) is 0 Å². The highest BCUT2D eigenvalue weighted by atomic mass is 14.3. The van der Waals surface area contributed by atoms with Gasteiger partial charge in [-0.15, -0.1) is 0 Å². The molecule has 0 heterocycles. The predicted octanol–water partition coefficient (Wildman–Crippen LogP) is 6.69. The van der Waals surface area contributed by atoms with Gasteiger partial charge < -0.3 is 0 Å². The molecule has 0 aromatic rings. The molecule has 0 heteroatoms. The SMILES string of the molecule is C.CC.CCCCCC1CCC(C(C)C)CC1. The van der Waals surface area contributed by atoms with E-state index in [1.807, 2.05) is 13.8 Å². The van der Waals surface area contributed by atoms with Gasteiger partial charge in [-0.05, 0) is 30.6 Å². The van der Waals surface area contributed by atoms with E-state index in [-0.39, 0.29) is 7.43 Å². The summed E-state index contributed by atoms with van der Waals surface area (Å²) in [5, 5.41) is 0. The fourth-order valence-corrected chi connectivity index (χ4v) is 2.83. The first-order valence-corrected chi connectivity index (χ1v) is 7.74. The van der Waals surface area contributed by atoms with E-state index in [1.165, 1.54) is 51.4 Å². The van der Waals surface area contributed by atoms with Gasteiger partial charge in [0, 0.05) is 0 Å². The molecule has 0 saturated heterocycles. The van der Waals surface area contributed by atoms with Gasteiger partial charge in [-0.25, -0.2) is 0 Å². The van der Waals surface area contributed by atoms with E-state index in [0.717, 1.165) is 17.8 Å². The summed E-state index contributed by atoms with van der Waals surface area (Å²) >= 11 is 0. The fraction of sp³-hybridized carbons (Fsp3) is 1.00. The number of hydrogen-bond donors (Lipinski definition) is 0. The molecule has 0 atom stereocenters. The van der Waals surface area contributed by atoms with Gasteiger partial charge in [-0.1, -0.05) is 80.6 Å². The molecule has 1 rings (SSSR count). The van der Waals surface area contributed by atoms with E-state index in [4.69, 9.17) is 0 Å². The molecule has 17 heavy (non-hydrogen) atoms. The molecule has 0 aromatic heterocycles. The maximum absolute atomic E-state index is 2.39. The lowest BCUT2D eigenvalue weighted by Gasteiger charge is -2.30. The highest BCUT2D eigenvalue weighted by Gasteiger charge is 2.22. The molecule has 1 saturated carbocycles. The average Bonchev–Trinajstić information content (AvgIpc) is 2.33. The Morgan fingerprint density at radius 2 is 1.47 bits per heavy atom. The van der Waals surface area contributed by atoms with Crippen LogP contribution in [-0.2, 0) is 0 Å². The Balaban J connectivity index is 0. The highest BCUT2D eigenvalue weighted by molar-refractivity contribution is 4.74. The highest BCUT2D eigenvalue weighted by Crippen LogP contribution is 2.35. The van der Waals surface area contributed by atoms with Gasteiger partial charge in [-0.2, -0.15) is 0 Å². The van der Waals surface area contributed by atoms with Crippen molar-refractivity contribution in [3.05, 3.63) is 0 Å². The zero-order valence-corrected chi connectivity index (χ0v) is 12.4. The standard InChI is InChI=1S/C14H28.C2H6.CH4/c1-4-5-6-7-13-8-10-14(11-9-13)12(2)3;1-2;/h12-14H,4-11H2,1-3H3;1-2H3;1H4. The molecule has 0 radical (unpaired) electrons. The largest absolute Gasteiger partial charge is 0.0776 e. The Kier molecular flexibility index (Phi) is 14.2. The van der Waals surface area contributed by atoms with E-state index >= 15 is 0 Å². The average molecular weight is 242 g/mol. The lowest BCUT2D eigenvalue weighted by atomic mass is 9.75. The molecule has 0 aromatic carbocycles. The monoisotopic (exact) mass is 242 g/mol. The molecule has 0 spiro atoms. The van der Waals surface area contributed by atoms with Crippen LogP contribution in [0, 0.1) is 17.8 Å². The van der Waals surface area contributed by atoms with Gasteiger partial charge in [-0.3, -0.25) is 0 Å². The minimum absolute atomic E-state index is 0. The zero-order valence-electron chi connectivity index (χ0n) is 12.4. The van der Waals surface area contributed by atoms with Crippen LogP contribution in [0.25, 0.3) is 0 Å². The first-order valence-electron chi connectivity index (χ1n) is 7.74. The molecule has 106 valence electrons. The molecule has 0 aliphatic heterocycles. The van der Waals surface area contributed by atoms with Crippen molar-refractivity contribution in [1.29, 1.82) is 0 Å². The van der Waals surface area contributed by atoms with Crippen molar-refractivity contribution in [1.82, 2.24) is 0 Å². The van der Waals surface area contributed by atoms with Gasteiger partial charge in [0.05, 0.1) is 0 Å². The van der Waals surface area contributed by atoms with E-state index in [1.54, 1.807) is 0 Å². The molecule has 1 aliphatic carbocycles. The number of hydrogen-bond acceptors (Lipinski definition) is 0. The van der Waals surface area contributed by atoms with E-state index in [2.05, 4.69) is 20.8 Å². The second kappa shape index (κ2) is 12.5. The van der Waals surface area contributed by atoms with Crippen molar-refractivity contribution in [2.45, 2.75) is 93.4 Å². The van der Waals surface area contributed by atoms with E-state index < -0.39 is 0 Å². The van der Waals surface area contributed by atoms with Gasteiger partial charge in [0.15, 0.2) is 0 Å². The second-order valence-corrected chi connectivity index (χ2v) is 5.52. The molecule has 1 fully saturated rings. The van der Waals surface area contributed by atoms with Crippen molar-refractivity contribution in [2.24, 2.45) is 17.8 Å². The first-order chi connectivity index (χ1) is 7.74. The van der Waals surface area contributed by atoms with Gasteiger partial charge in [0.2, 0.25) is 0 Å². The predicted molar refractivity (Wildman–Crippen MR) is 82.5 cm³/mol. The lowest BCUT2D eigenvalue weighted by molar-refractivity contribution is 0.214. The maximum atomic E-state index is 2.39. The minimum atomic E-state index is 0. The van der Waals surface area contributed by atoms with Crippen molar-refractivity contribution in [3.63, 3.8) is 0 Å². The van der Waals surface area contributed by atoms with Crippen LogP contribution in [-0.4, -0.2) is 0 Å². The summed E-state index contributed by atoms with van der Waals surface area (Å²) in [6.45, 7) is 11.1. The maximum Gasteiger partial charge on any atom is -0.0391 e. The van der Waals surface area contributed by atoms with Crippen molar-refractivity contribution >= 4 is 0 Å².